The Labute approximate surface area is 123 Å². The third-order valence-corrected chi connectivity index (χ3v) is 4.77. The number of hydrogen-bond donors (Lipinski definition) is 1. The molecule has 0 aliphatic rings. The van der Waals surface area contributed by atoms with E-state index in [0.717, 1.165) is 15.2 Å². The monoisotopic (exact) mass is 291 g/mol. The smallest absolute Gasteiger partial charge is 0.242 e. The number of hydrogen-bond acceptors (Lipinski definition) is 4. The van der Waals surface area contributed by atoms with Gasteiger partial charge in [0.15, 0.2) is 0 Å². The van der Waals surface area contributed by atoms with Crippen LogP contribution in [0.3, 0.4) is 0 Å². The average Bonchev–Trinajstić information content (AvgIpc) is 2.87. The molecule has 0 spiro atoms. The molecule has 0 saturated carbocycles. The van der Waals surface area contributed by atoms with E-state index in [1.165, 1.54) is 0 Å². The van der Waals surface area contributed by atoms with E-state index in [2.05, 4.69) is 4.98 Å². The van der Waals surface area contributed by atoms with Crippen LogP contribution in [0.5, 0.6) is 0 Å². The standard InChI is InChI=1S/C15H21N3OS/c1-4-15(16,5-2)14(19)18(3)10-13-17-11-8-6-7-9-12(11)20-13/h6-9H,4-5,10,16H2,1-3H3. The number of aromatic nitrogens is 1. The van der Waals surface area contributed by atoms with E-state index in [1.54, 1.807) is 23.3 Å². The third-order valence-electron chi connectivity index (χ3n) is 3.75. The van der Waals surface area contributed by atoms with Gasteiger partial charge < -0.3 is 10.6 Å². The number of carbonyl (C=O) groups is 1. The molecule has 20 heavy (non-hydrogen) atoms. The number of benzene rings is 1. The van der Waals surface area contributed by atoms with E-state index >= 15 is 0 Å². The molecule has 2 N–H and O–H groups in total. The summed E-state index contributed by atoms with van der Waals surface area (Å²) in [6.07, 6.45) is 1.29. The Morgan fingerprint density at radius 1 is 1.35 bits per heavy atom. The molecular weight excluding hydrogens is 270 g/mol. The summed E-state index contributed by atoms with van der Waals surface area (Å²) < 4.78 is 1.15. The lowest BCUT2D eigenvalue weighted by atomic mass is 9.92. The van der Waals surface area contributed by atoms with E-state index in [-0.39, 0.29) is 5.91 Å². The van der Waals surface area contributed by atoms with Crippen molar-refractivity contribution in [2.75, 3.05) is 7.05 Å². The number of likely N-dealkylation sites (N-methyl/N-ethyl adjacent to an activating group) is 1. The van der Waals surface area contributed by atoms with Crippen molar-refractivity contribution in [1.29, 1.82) is 0 Å². The summed E-state index contributed by atoms with van der Waals surface area (Å²) in [6, 6.07) is 8.00. The molecule has 0 aliphatic heterocycles. The number of thiazole rings is 1. The average molecular weight is 291 g/mol. The van der Waals surface area contributed by atoms with Crippen LogP contribution in [-0.4, -0.2) is 28.4 Å². The molecule has 0 unspecified atom stereocenters. The van der Waals surface area contributed by atoms with Crippen molar-refractivity contribution < 1.29 is 4.79 Å². The fraction of sp³-hybridized carbons (Fsp3) is 0.467. The predicted octanol–water partition coefficient (Wildman–Crippen LogP) is 2.77. The van der Waals surface area contributed by atoms with Gasteiger partial charge in [0.1, 0.15) is 5.01 Å². The molecule has 0 bridgehead atoms. The Morgan fingerprint density at radius 3 is 2.60 bits per heavy atom. The second-order valence-electron chi connectivity index (χ2n) is 5.10. The van der Waals surface area contributed by atoms with Crippen LogP contribution < -0.4 is 5.73 Å². The first-order valence-corrected chi connectivity index (χ1v) is 7.70. The molecule has 0 fully saturated rings. The molecule has 2 aromatic rings. The van der Waals surface area contributed by atoms with Crippen LogP contribution in [0.15, 0.2) is 24.3 Å². The highest BCUT2D eigenvalue weighted by atomic mass is 32.1. The van der Waals surface area contributed by atoms with Gasteiger partial charge in [-0.15, -0.1) is 11.3 Å². The molecular formula is C15H21N3OS. The molecule has 0 saturated heterocycles. The van der Waals surface area contributed by atoms with Gasteiger partial charge in [0.25, 0.3) is 0 Å². The van der Waals surface area contributed by atoms with Gasteiger partial charge in [-0.05, 0) is 25.0 Å². The Balaban J connectivity index is 2.14. The lowest BCUT2D eigenvalue weighted by Gasteiger charge is -2.30. The van der Waals surface area contributed by atoms with E-state index in [4.69, 9.17) is 5.73 Å². The highest BCUT2D eigenvalue weighted by Crippen LogP contribution is 2.23. The van der Waals surface area contributed by atoms with Gasteiger partial charge in [-0.2, -0.15) is 0 Å². The van der Waals surface area contributed by atoms with Crippen molar-refractivity contribution in [1.82, 2.24) is 9.88 Å². The highest BCUT2D eigenvalue weighted by Gasteiger charge is 2.32. The SMILES string of the molecule is CCC(N)(CC)C(=O)N(C)Cc1nc2ccccc2s1. The Hall–Kier alpha value is -1.46. The maximum atomic E-state index is 12.4. The molecule has 0 aliphatic carbocycles. The van der Waals surface area contributed by atoms with Gasteiger partial charge in [0, 0.05) is 7.05 Å². The molecule has 108 valence electrons. The molecule has 0 radical (unpaired) electrons. The lowest BCUT2D eigenvalue weighted by Crippen LogP contribution is -2.53. The van der Waals surface area contributed by atoms with Crippen LogP contribution in [-0.2, 0) is 11.3 Å². The van der Waals surface area contributed by atoms with E-state index in [9.17, 15) is 4.79 Å². The van der Waals surface area contributed by atoms with E-state index in [0.29, 0.717) is 19.4 Å². The van der Waals surface area contributed by atoms with Crippen LogP contribution in [0.1, 0.15) is 31.7 Å². The van der Waals surface area contributed by atoms with Gasteiger partial charge in [-0.3, -0.25) is 4.79 Å². The van der Waals surface area contributed by atoms with Crippen molar-refractivity contribution in [3.05, 3.63) is 29.3 Å². The molecule has 1 aromatic heterocycles. The number of rotatable bonds is 5. The summed E-state index contributed by atoms with van der Waals surface area (Å²) >= 11 is 1.62. The van der Waals surface area contributed by atoms with Gasteiger partial charge in [0.05, 0.1) is 22.3 Å². The van der Waals surface area contributed by atoms with Crippen molar-refractivity contribution in [3.63, 3.8) is 0 Å². The summed E-state index contributed by atoms with van der Waals surface area (Å²) in [5.74, 6) is -0.0123. The normalized spacial score (nSPS) is 11.8. The maximum absolute atomic E-state index is 12.4. The molecule has 5 heteroatoms. The number of nitrogens with two attached hydrogens (primary N) is 1. The molecule has 0 atom stereocenters. The number of carbonyl (C=O) groups excluding carboxylic acids is 1. The fourth-order valence-electron chi connectivity index (χ4n) is 2.19. The maximum Gasteiger partial charge on any atom is 0.242 e. The van der Waals surface area contributed by atoms with Crippen LogP contribution >= 0.6 is 11.3 Å². The Kier molecular flexibility index (Phi) is 4.40. The summed E-state index contributed by atoms with van der Waals surface area (Å²) in [4.78, 5) is 18.7. The van der Waals surface area contributed by atoms with Crippen LogP contribution in [0, 0.1) is 0 Å². The van der Waals surface area contributed by atoms with Gasteiger partial charge >= 0.3 is 0 Å². The highest BCUT2D eigenvalue weighted by molar-refractivity contribution is 7.18. The molecule has 1 heterocycles. The second-order valence-corrected chi connectivity index (χ2v) is 6.21. The van der Waals surface area contributed by atoms with Crippen molar-refractivity contribution in [2.45, 2.75) is 38.8 Å². The van der Waals surface area contributed by atoms with E-state index in [1.807, 2.05) is 38.1 Å². The number of amides is 1. The van der Waals surface area contributed by atoms with Crippen LogP contribution in [0.4, 0.5) is 0 Å². The van der Waals surface area contributed by atoms with Gasteiger partial charge in [-0.25, -0.2) is 4.98 Å². The molecule has 1 amide bonds. The number of fused-ring (bicyclic) bond motifs is 1. The van der Waals surface area contributed by atoms with Crippen molar-refractivity contribution >= 4 is 27.5 Å². The molecule has 2 rings (SSSR count). The summed E-state index contributed by atoms with van der Waals surface area (Å²) in [5.41, 5.74) is 6.39. The van der Waals surface area contributed by atoms with E-state index < -0.39 is 5.54 Å². The fourth-order valence-corrected chi connectivity index (χ4v) is 3.22. The summed E-state index contributed by atoms with van der Waals surface area (Å²) in [6.45, 7) is 4.41. The lowest BCUT2D eigenvalue weighted by molar-refractivity contribution is -0.136. The summed E-state index contributed by atoms with van der Waals surface area (Å²) in [7, 11) is 1.79. The second kappa shape index (κ2) is 5.89. The zero-order chi connectivity index (χ0) is 14.8. The molecule has 4 nitrogen and oxygen atoms in total. The molecule has 1 aromatic carbocycles. The van der Waals surface area contributed by atoms with Crippen LogP contribution in [0.2, 0.25) is 0 Å². The minimum absolute atomic E-state index is 0.0123. The minimum atomic E-state index is -0.758. The predicted molar refractivity (Wildman–Crippen MR) is 83.6 cm³/mol. The first-order chi connectivity index (χ1) is 9.50. The van der Waals surface area contributed by atoms with Crippen molar-refractivity contribution in [3.8, 4) is 0 Å². The van der Waals surface area contributed by atoms with Crippen molar-refractivity contribution in [2.24, 2.45) is 5.73 Å². The Morgan fingerprint density at radius 2 is 2.00 bits per heavy atom. The number of nitrogens with zero attached hydrogens (tertiary/aromatic N) is 2. The topological polar surface area (TPSA) is 59.2 Å². The largest absolute Gasteiger partial charge is 0.337 e. The Bertz CT molecular complexity index is 571. The van der Waals surface area contributed by atoms with Gasteiger partial charge in [0.2, 0.25) is 5.91 Å². The third kappa shape index (κ3) is 2.83. The summed E-state index contributed by atoms with van der Waals surface area (Å²) in [5, 5.41) is 0.941. The zero-order valence-electron chi connectivity index (χ0n) is 12.2. The minimum Gasteiger partial charge on any atom is -0.337 e. The zero-order valence-corrected chi connectivity index (χ0v) is 13.0. The first-order valence-electron chi connectivity index (χ1n) is 6.89. The first kappa shape index (κ1) is 14.9. The quantitative estimate of drug-likeness (QED) is 0.921. The van der Waals surface area contributed by atoms with Crippen LogP contribution in [0.25, 0.3) is 10.2 Å². The number of para-hydroxylation sites is 1. The van der Waals surface area contributed by atoms with Gasteiger partial charge in [-0.1, -0.05) is 26.0 Å².